The minimum atomic E-state index is -3.94. The molecule has 3 aromatic rings. The van der Waals surface area contributed by atoms with Crippen LogP contribution in [-0.2, 0) is 14.8 Å². The van der Waals surface area contributed by atoms with Crippen molar-refractivity contribution >= 4 is 33.8 Å². The van der Waals surface area contributed by atoms with Gasteiger partial charge in [0, 0.05) is 36.3 Å². The zero-order valence-electron chi connectivity index (χ0n) is 19.4. The number of fused-ring (bicyclic) bond motifs is 1. The van der Waals surface area contributed by atoms with Gasteiger partial charge in [-0.1, -0.05) is 23.4 Å². The molecule has 1 aromatic heterocycles. The maximum Gasteiger partial charge on any atom is 0.248 e. The lowest BCUT2D eigenvalue weighted by Gasteiger charge is -2.30. The summed E-state index contributed by atoms with van der Waals surface area (Å²) in [6.07, 6.45) is 3.57. The molecule has 0 spiro atoms. The Labute approximate surface area is 207 Å². The van der Waals surface area contributed by atoms with E-state index in [1.165, 1.54) is 22.5 Å². The topological polar surface area (TPSA) is 111 Å². The molecule has 1 fully saturated rings. The monoisotopic (exact) mass is 513 g/mol. The van der Waals surface area contributed by atoms with Crippen molar-refractivity contribution in [3.05, 3.63) is 65.3 Å². The minimum Gasteiger partial charge on any atom is -0.454 e. The molecule has 0 unspecified atom stereocenters. The fraction of sp³-hybridized carbons (Fsp3) is 0.280. The number of hydrogen-bond acceptors (Lipinski definition) is 7. The Morgan fingerprint density at radius 1 is 1.11 bits per heavy atom. The van der Waals surface area contributed by atoms with E-state index in [9.17, 15) is 17.6 Å². The molecule has 0 radical (unpaired) electrons. The number of piperidine rings is 1. The molecule has 11 heteroatoms. The Hall–Kier alpha value is -3.70. The number of halogens is 1. The summed E-state index contributed by atoms with van der Waals surface area (Å²) in [7, 11) is -3.94. The van der Waals surface area contributed by atoms with Crippen LogP contribution < -0.4 is 14.8 Å². The molecule has 9 nitrogen and oxygen atoms in total. The Kier molecular flexibility index (Phi) is 6.50. The van der Waals surface area contributed by atoms with Crippen molar-refractivity contribution in [3.63, 3.8) is 0 Å². The predicted molar refractivity (Wildman–Crippen MR) is 129 cm³/mol. The lowest BCUT2D eigenvalue weighted by Crippen LogP contribution is -2.41. The number of anilines is 1. The highest BCUT2D eigenvalue weighted by atomic mass is 32.2. The van der Waals surface area contributed by atoms with E-state index in [1.807, 2.05) is 0 Å². The van der Waals surface area contributed by atoms with Crippen LogP contribution in [0.4, 0.5) is 10.1 Å². The molecular formula is C25H24FN3O6S. The average molecular weight is 514 g/mol. The van der Waals surface area contributed by atoms with E-state index in [-0.39, 0.29) is 48.1 Å². The first kappa shape index (κ1) is 24.0. The number of nitrogens with one attached hydrogen (secondary N) is 1. The Morgan fingerprint density at radius 2 is 1.86 bits per heavy atom. The summed E-state index contributed by atoms with van der Waals surface area (Å²) in [6.45, 7) is 2.03. The van der Waals surface area contributed by atoms with Crippen LogP contribution in [0.3, 0.4) is 0 Å². The molecule has 5 rings (SSSR count). The van der Waals surface area contributed by atoms with Crippen molar-refractivity contribution in [1.29, 1.82) is 0 Å². The normalized spacial score (nSPS) is 16.5. The van der Waals surface area contributed by atoms with Crippen molar-refractivity contribution in [1.82, 2.24) is 9.46 Å². The number of aromatic nitrogens is 1. The maximum atomic E-state index is 14.0. The van der Waals surface area contributed by atoms with Crippen molar-refractivity contribution in [3.8, 4) is 11.5 Å². The number of hydrogen-bond donors (Lipinski definition) is 1. The van der Waals surface area contributed by atoms with Gasteiger partial charge in [-0.05, 0) is 50.1 Å². The molecule has 188 valence electrons. The van der Waals surface area contributed by atoms with E-state index >= 15 is 0 Å². The third-order valence-electron chi connectivity index (χ3n) is 6.22. The van der Waals surface area contributed by atoms with Crippen LogP contribution in [0.25, 0.3) is 12.2 Å². The number of rotatable bonds is 6. The highest BCUT2D eigenvalue weighted by molar-refractivity contribution is 7.89. The molecule has 2 aliphatic rings. The SMILES string of the molecule is Cc1noc(/C=C/c2ccccc2F)c1S(=O)(=O)N1CCC(C(=O)Nc2ccc3c(c2)OCO3)CC1. The second-order valence-electron chi connectivity index (χ2n) is 8.55. The van der Waals surface area contributed by atoms with Crippen molar-refractivity contribution in [2.24, 2.45) is 5.92 Å². The minimum absolute atomic E-state index is 0.0263. The second kappa shape index (κ2) is 9.75. The van der Waals surface area contributed by atoms with Gasteiger partial charge in [0.25, 0.3) is 0 Å². The molecule has 36 heavy (non-hydrogen) atoms. The van der Waals surface area contributed by atoms with Gasteiger partial charge in [-0.25, -0.2) is 12.8 Å². The molecule has 0 saturated carbocycles. The van der Waals surface area contributed by atoms with Gasteiger partial charge in [0.15, 0.2) is 22.2 Å². The van der Waals surface area contributed by atoms with Crippen LogP contribution in [0.2, 0.25) is 0 Å². The fourth-order valence-corrected chi connectivity index (χ4v) is 6.00. The van der Waals surface area contributed by atoms with Gasteiger partial charge in [0.05, 0.1) is 0 Å². The largest absolute Gasteiger partial charge is 0.454 e. The standard InChI is InChI=1S/C25H24FN3O6S/c1-16-24(22(35-28-16)8-6-17-4-2-3-5-20(17)26)36(31,32)29-12-10-18(11-13-29)25(30)27-19-7-9-21-23(14-19)34-15-33-21/h2-9,14,18H,10-13,15H2,1H3,(H,27,30)/b8-6+. The highest BCUT2D eigenvalue weighted by Crippen LogP contribution is 2.35. The number of amides is 1. The van der Waals surface area contributed by atoms with Gasteiger partial charge in [-0.15, -0.1) is 0 Å². The van der Waals surface area contributed by atoms with Crippen LogP contribution in [0.15, 0.2) is 51.9 Å². The summed E-state index contributed by atoms with van der Waals surface area (Å²) in [5.74, 6) is 0.261. The van der Waals surface area contributed by atoms with Crippen LogP contribution in [0, 0.1) is 18.7 Å². The number of sulfonamides is 1. The number of benzene rings is 2. The van der Waals surface area contributed by atoms with Crippen LogP contribution in [0.1, 0.15) is 29.9 Å². The van der Waals surface area contributed by atoms with Gasteiger partial charge >= 0.3 is 0 Å². The molecule has 0 atom stereocenters. The van der Waals surface area contributed by atoms with Gasteiger partial charge in [-0.3, -0.25) is 4.79 Å². The van der Waals surface area contributed by atoms with Crippen molar-refractivity contribution in [2.45, 2.75) is 24.7 Å². The third-order valence-corrected chi connectivity index (χ3v) is 8.27. The van der Waals surface area contributed by atoms with Crippen LogP contribution >= 0.6 is 0 Å². The van der Waals surface area contributed by atoms with Gasteiger partial charge in [0.1, 0.15) is 11.5 Å². The van der Waals surface area contributed by atoms with Crippen LogP contribution in [-0.4, -0.2) is 43.7 Å². The van der Waals surface area contributed by atoms with Crippen LogP contribution in [0.5, 0.6) is 11.5 Å². The van der Waals surface area contributed by atoms with E-state index in [4.69, 9.17) is 14.0 Å². The number of aryl methyl sites for hydroxylation is 1. The number of carbonyl (C=O) groups excluding carboxylic acids is 1. The van der Waals surface area contributed by atoms with Crippen molar-refractivity contribution in [2.75, 3.05) is 25.2 Å². The van der Waals surface area contributed by atoms with E-state index in [0.717, 1.165) is 0 Å². The summed E-state index contributed by atoms with van der Waals surface area (Å²) >= 11 is 0. The first-order valence-electron chi connectivity index (χ1n) is 11.4. The van der Waals surface area contributed by atoms with E-state index < -0.39 is 15.8 Å². The summed E-state index contributed by atoms with van der Waals surface area (Å²) < 4.78 is 58.0. The Balaban J connectivity index is 1.26. The molecule has 2 aliphatic heterocycles. The summed E-state index contributed by atoms with van der Waals surface area (Å²) in [6, 6.07) is 11.3. The summed E-state index contributed by atoms with van der Waals surface area (Å²) in [4.78, 5) is 12.7. The molecule has 2 aromatic carbocycles. The predicted octanol–water partition coefficient (Wildman–Crippen LogP) is 4.06. The van der Waals surface area contributed by atoms with E-state index in [0.29, 0.717) is 35.6 Å². The number of carbonyl (C=O) groups is 1. The zero-order valence-corrected chi connectivity index (χ0v) is 20.3. The summed E-state index contributed by atoms with van der Waals surface area (Å²) in [5, 5.41) is 6.69. The van der Waals surface area contributed by atoms with Crippen molar-refractivity contribution < 1.29 is 31.6 Å². The number of nitrogens with zero attached hydrogens (tertiary/aromatic N) is 2. The van der Waals surface area contributed by atoms with Gasteiger partial charge < -0.3 is 19.3 Å². The molecule has 0 bridgehead atoms. The van der Waals surface area contributed by atoms with E-state index in [1.54, 1.807) is 43.3 Å². The lowest BCUT2D eigenvalue weighted by atomic mass is 9.97. The van der Waals surface area contributed by atoms with E-state index in [2.05, 4.69) is 10.5 Å². The zero-order chi connectivity index (χ0) is 25.3. The molecule has 0 aliphatic carbocycles. The smallest absolute Gasteiger partial charge is 0.248 e. The lowest BCUT2D eigenvalue weighted by molar-refractivity contribution is -0.120. The molecule has 1 amide bonds. The second-order valence-corrected chi connectivity index (χ2v) is 10.4. The average Bonchev–Trinajstić information content (AvgIpc) is 3.49. The van der Waals surface area contributed by atoms with Gasteiger partial charge in [-0.2, -0.15) is 4.31 Å². The Morgan fingerprint density at radius 3 is 2.64 bits per heavy atom. The molecule has 1 saturated heterocycles. The maximum absolute atomic E-state index is 14.0. The first-order valence-corrected chi connectivity index (χ1v) is 12.9. The summed E-state index contributed by atoms with van der Waals surface area (Å²) in [5.41, 5.74) is 1.10. The quantitative estimate of drug-likeness (QED) is 0.529. The number of ether oxygens (including phenoxy) is 2. The molecule has 3 heterocycles. The fourth-order valence-electron chi connectivity index (χ4n) is 4.28. The Bertz CT molecular complexity index is 1430. The molecule has 1 N–H and O–H groups in total. The van der Waals surface area contributed by atoms with Gasteiger partial charge in [0.2, 0.25) is 22.7 Å². The third kappa shape index (κ3) is 4.71. The molecular weight excluding hydrogens is 489 g/mol. The highest BCUT2D eigenvalue weighted by Gasteiger charge is 2.36. The first-order chi connectivity index (χ1) is 17.3.